The molecule has 0 aliphatic heterocycles. The van der Waals surface area contributed by atoms with E-state index in [1.165, 1.54) is 0 Å². The molecular weight excluding hydrogens is 368 g/mol. The number of carboxylic acid groups (broad SMARTS) is 1. The summed E-state index contributed by atoms with van der Waals surface area (Å²) in [7, 11) is 0. The van der Waals surface area contributed by atoms with E-state index in [4.69, 9.17) is 0 Å². The van der Waals surface area contributed by atoms with Crippen molar-refractivity contribution in [3.05, 3.63) is 48.2 Å². The lowest BCUT2D eigenvalue weighted by Gasteiger charge is -2.21. The third-order valence-electron chi connectivity index (χ3n) is 5.92. The number of hydrogen-bond acceptors (Lipinski definition) is 3. The Morgan fingerprint density at radius 2 is 2.07 bits per heavy atom. The molecule has 0 radical (unpaired) electrons. The van der Waals surface area contributed by atoms with Gasteiger partial charge in [-0.1, -0.05) is 37.3 Å². The van der Waals surface area contributed by atoms with Gasteiger partial charge < -0.3 is 20.5 Å². The summed E-state index contributed by atoms with van der Waals surface area (Å²) in [5.74, 6) is -1.17. The number of nitrogens with one attached hydrogen (secondary N) is 2. The highest BCUT2D eigenvalue weighted by Gasteiger charge is 2.35. The summed E-state index contributed by atoms with van der Waals surface area (Å²) >= 11 is 0. The normalized spacial score (nSPS) is 22.9. The minimum atomic E-state index is -1.04. The first kappa shape index (κ1) is 21.1. The number of para-hydroxylation sites is 1. The molecule has 29 heavy (non-hydrogen) atoms. The lowest BCUT2D eigenvalue weighted by atomic mass is 9.88. The van der Waals surface area contributed by atoms with Gasteiger partial charge in [0.1, 0.15) is 6.04 Å². The van der Waals surface area contributed by atoms with Crippen molar-refractivity contribution in [2.24, 2.45) is 11.8 Å². The summed E-state index contributed by atoms with van der Waals surface area (Å²) in [5, 5.41) is 23.5. The van der Waals surface area contributed by atoms with Gasteiger partial charge in [0.15, 0.2) is 0 Å². The summed E-state index contributed by atoms with van der Waals surface area (Å²) in [6, 6.07) is 6.72. The molecule has 1 aromatic heterocycles. The van der Waals surface area contributed by atoms with Crippen molar-refractivity contribution in [1.29, 1.82) is 0 Å². The second kappa shape index (κ2) is 9.74. The summed E-state index contributed by atoms with van der Waals surface area (Å²) < 4.78 is 0. The van der Waals surface area contributed by atoms with Gasteiger partial charge in [0.25, 0.3) is 0 Å². The molecule has 0 saturated heterocycles. The molecule has 6 heteroatoms. The zero-order valence-electron chi connectivity index (χ0n) is 16.8. The summed E-state index contributed by atoms with van der Waals surface area (Å²) in [6.07, 6.45) is 9.21. The van der Waals surface area contributed by atoms with Crippen LogP contribution in [-0.4, -0.2) is 39.2 Å². The molecule has 4 unspecified atom stereocenters. The molecule has 1 saturated carbocycles. The number of fused-ring (bicyclic) bond motifs is 1. The van der Waals surface area contributed by atoms with Gasteiger partial charge in [-0.05, 0) is 49.1 Å². The lowest BCUT2D eigenvalue weighted by molar-refractivity contribution is -0.142. The highest BCUT2D eigenvalue weighted by Crippen LogP contribution is 2.37. The van der Waals surface area contributed by atoms with Gasteiger partial charge >= 0.3 is 5.97 Å². The van der Waals surface area contributed by atoms with E-state index in [0.29, 0.717) is 6.42 Å². The van der Waals surface area contributed by atoms with Crippen LogP contribution in [0.2, 0.25) is 0 Å². The molecule has 3 rings (SSSR count). The maximum absolute atomic E-state index is 12.6. The van der Waals surface area contributed by atoms with E-state index in [-0.39, 0.29) is 30.6 Å². The monoisotopic (exact) mass is 398 g/mol. The zero-order valence-corrected chi connectivity index (χ0v) is 16.8. The van der Waals surface area contributed by atoms with E-state index in [1.54, 1.807) is 6.20 Å². The quantitative estimate of drug-likeness (QED) is 0.486. The molecule has 156 valence electrons. The van der Waals surface area contributed by atoms with E-state index in [2.05, 4.69) is 29.4 Å². The summed E-state index contributed by atoms with van der Waals surface area (Å²) in [6.45, 7) is 2.06. The molecule has 1 aliphatic rings. The van der Waals surface area contributed by atoms with Crippen LogP contribution >= 0.6 is 0 Å². The molecule has 6 nitrogen and oxygen atoms in total. The van der Waals surface area contributed by atoms with Gasteiger partial charge in [0.05, 0.1) is 6.10 Å². The Bertz CT molecular complexity index is 873. The predicted octanol–water partition coefficient (Wildman–Crippen LogP) is 3.41. The molecule has 0 bridgehead atoms. The van der Waals surface area contributed by atoms with Gasteiger partial charge in [-0.15, -0.1) is 0 Å². The number of aliphatic hydroxyl groups excluding tert-OH is 1. The molecule has 1 aliphatic carbocycles. The van der Waals surface area contributed by atoms with Crippen molar-refractivity contribution in [3.8, 4) is 0 Å². The van der Waals surface area contributed by atoms with Crippen molar-refractivity contribution in [1.82, 2.24) is 10.3 Å². The Morgan fingerprint density at radius 3 is 2.83 bits per heavy atom. The Labute approximate surface area is 171 Å². The van der Waals surface area contributed by atoms with Crippen molar-refractivity contribution >= 4 is 22.8 Å². The van der Waals surface area contributed by atoms with Crippen molar-refractivity contribution in [2.75, 3.05) is 0 Å². The average Bonchev–Trinajstić information content (AvgIpc) is 3.26. The molecule has 1 fully saturated rings. The fourth-order valence-corrected chi connectivity index (χ4v) is 4.36. The molecule has 1 amide bonds. The van der Waals surface area contributed by atoms with E-state index < -0.39 is 18.1 Å². The number of aromatic amines is 1. The topological polar surface area (TPSA) is 102 Å². The molecule has 1 heterocycles. The third-order valence-corrected chi connectivity index (χ3v) is 5.92. The first-order chi connectivity index (χ1) is 14.0. The van der Waals surface area contributed by atoms with Gasteiger partial charge in [-0.25, -0.2) is 4.79 Å². The van der Waals surface area contributed by atoms with E-state index in [9.17, 15) is 19.8 Å². The van der Waals surface area contributed by atoms with Gasteiger partial charge in [0.2, 0.25) is 5.91 Å². The lowest BCUT2D eigenvalue weighted by Crippen LogP contribution is -2.43. The first-order valence-corrected chi connectivity index (χ1v) is 10.4. The van der Waals surface area contributed by atoms with Crippen molar-refractivity contribution in [3.63, 3.8) is 0 Å². The number of H-pyrrole nitrogens is 1. The van der Waals surface area contributed by atoms with Gasteiger partial charge in [0, 0.05) is 29.9 Å². The standard InChI is InChI=1S/C23H30N2O4/c1-2-3-4-8-18-15(10-11-21(18)26)13-22(27)25-20(23(28)29)12-16-14-24-19-9-6-5-7-17(16)19/h3-7,9,14-15,18,20-21,24,26H,2,8,10-13H2,1H3,(H,25,27)(H,28,29)/b4-3+. The fourth-order valence-electron chi connectivity index (χ4n) is 4.36. The van der Waals surface area contributed by atoms with Gasteiger partial charge in [-0.2, -0.15) is 0 Å². The molecule has 1 aromatic carbocycles. The summed E-state index contributed by atoms with van der Waals surface area (Å²) in [5.41, 5.74) is 1.81. The minimum absolute atomic E-state index is 0.0560. The van der Waals surface area contributed by atoms with Crippen LogP contribution < -0.4 is 5.32 Å². The number of rotatable bonds is 9. The average molecular weight is 399 g/mol. The number of allylic oxidation sites excluding steroid dienone is 2. The largest absolute Gasteiger partial charge is 0.480 e. The number of carbonyl (C=O) groups is 2. The first-order valence-electron chi connectivity index (χ1n) is 10.4. The SMILES string of the molecule is CC/C=C/CC1C(O)CCC1CC(=O)NC(Cc1c[nH]c2ccccc12)C(=O)O. The maximum atomic E-state index is 12.6. The van der Waals surface area contributed by atoms with Crippen LogP contribution in [-0.2, 0) is 16.0 Å². The Kier molecular flexibility index (Phi) is 7.09. The highest BCUT2D eigenvalue weighted by molar-refractivity contribution is 5.86. The fraction of sp³-hybridized carbons (Fsp3) is 0.478. The second-order valence-electron chi connectivity index (χ2n) is 7.91. The van der Waals surface area contributed by atoms with Crippen LogP contribution in [0.25, 0.3) is 10.9 Å². The number of hydrogen-bond donors (Lipinski definition) is 4. The van der Waals surface area contributed by atoms with Crippen molar-refractivity contribution in [2.45, 2.75) is 57.6 Å². The highest BCUT2D eigenvalue weighted by atomic mass is 16.4. The number of aromatic nitrogens is 1. The number of amides is 1. The minimum Gasteiger partial charge on any atom is -0.480 e. The number of carboxylic acids is 1. The molecule has 4 atom stereocenters. The van der Waals surface area contributed by atoms with E-state index in [0.717, 1.165) is 35.7 Å². The number of aliphatic carboxylic acids is 1. The Morgan fingerprint density at radius 1 is 1.28 bits per heavy atom. The van der Waals surface area contributed by atoms with Crippen LogP contribution in [0.3, 0.4) is 0 Å². The molecule has 0 spiro atoms. The summed E-state index contributed by atoms with van der Waals surface area (Å²) in [4.78, 5) is 27.5. The predicted molar refractivity (Wildman–Crippen MR) is 112 cm³/mol. The second-order valence-corrected chi connectivity index (χ2v) is 7.91. The number of benzene rings is 1. The van der Waals surface area contributed by atoms with Crippen LogP contribution in [0.5, 0.6) is 0 Å². The van der Waals surface area contributed by atoms with Crippen LogP contribution in [0.15, 0.2) is 42.6 Å². The molecule has 4 N–H and O–H groups in total. The molecular formula is C23H30N2O4. The van der Waals surface area contributed by atoms with Crippen LogP contribution in [0.1, 0.15) is 44.6 Å². The van der Waals surface area contributed by atoms with Crippen molar-refractivity contribution < 1.29 is 19.8 Å². The molecule has 2 aromatic rings. The maximum Gasteiger partial charge on any atom is 0.326 e. The third kappa shape index (κ3) is 5.26. The van der Waals surface area contributed by atoms with Gasteiger partial charge in [-0.3, -0.25) is 4.79 Å². The Balaban J connectivity index is 1.62. The van der Waals surface area contributed by atoms with E-state index >= 15 is 0 Å². The number of carbonyl (C=O) groups excluding carboxylic acids is 1. The van der Waals surface area contributed by atoms with E-state index in [1.807, 2.05) is 24.3 Å². The number of aliphatic hydroxyl groups is 1. The Hall–Kier alpha value is -2.60. The van der Waals surface area contributed by atoms with Crippen LogP contribution in [0, 0.1) is 11.8 Å². The van der Waals surface area contributed by atoms with Crippen LogP contribution in [0.4, 0.5) is 0 Å². The zero-order chi connectivity index (χ0) is 20.8. The smallest absolute Gasteiger partial charge is 0.326 e.